The van der Waals surface area contributed by atoms with Crippen LogP contribution in [0.1, 0.15) is 30.4 Å². The number of benzene rings is 2. The predicted molar refractivity (Wildman–Crippen MR) is 126 cm³/mol. The van der Waals surface area contributed by atoms with Crippen molar-refractivity contribution in [3.8, 4) is 11.5 Å². The van der Waals surface area contributed by atoms with Gasteiger partial charge >= 0.3 is 0 Å². The van der Waals surface area contributed by atoms with Crippen LogP contribution in [-0.4, -0.2) is 38.3 Å². The summed E-state index contributed by atoms with van der Waals surface area (Å²) in [5, 5.41) is 3.17. The Labute approximate surface area is 192 Å². The van der Waals surface area contributed by atoms with Crippen molar-refractivity contribution < 1.29 is 19.1 Å². The highest BCUT2D eigenvalue weighted by Gasteiger charge is 2.37. The second-order valence-corrected chi connectivity index (χ2v) is 8.54. The first-order valence-corrected chi connectivity index (χ1v) is 10.9. The first kappa shape index (κ1) is 22.1. The number of rotatable bonds is 5. The molecule has 0 aromatic heterocycles. The minimum Gasteiger partial charge on any atom is -0.495 e. The summed E-state index contributed by atoms with van der Waals surface area (Å²) in [7, 11) is 3.00. The molecule has 1 N–H and O–H groups in total. The lowest BCUT2D eigenvalue weighted by Crippen LogP contribution is -2.42. The van der Waals surface area contributed by atoms with Crippen LogP contribution in [0.5, 0.6) is 11.5 Å². The number of nitrogens with one attached hydrogen (secondary N) is 1. The number of hydrogen-bond acceptors (Lipinski definition) is 5. The fourth-order valence-electron chi connectivity index (χ4n) is 4.24. The normalized spacial score (nSPS) is 17.3. The number of ether oxygens (including phenoxy) is 2. The van der Waals surface area contributed by atoms with Crippen molar-refractivity contribution >= 4 is 46.2 Å². The highest BCUT2D eigenvalue weighted by Crippen LogP contribution is 2.40. The van der Waals surface area contributed by atoms with E-state index in [2.05, 4.69) is 5.32 Å². The molecule has 1 aliphatic heterocycles. The number of aryl methyl sites for hydroxylation is 2. The third kappa shape index (κ3) is 4.05. The number of halogens is 1. The Bertz CT molecular complexity index is 1130. The van der Waals surface area contributed by atoms with Gasteiger partial charge in [0.25, 0.3) is 0 Å². The van der Waals surface area contributed by atoms with Crippen molar-refractivity contribution in [1.29, 1.82) is 0 Å². The highest BCUT2D eigenvalue weighted by molar-refractivity contribution is 6.32. The van der Waals surface area contributed by atoms with Gasteiger partial charge in [-0.05, 0) is 62.4 Å². The fourth-order valence-corrected chi connectivity index (χ4v) is 4.48. The largest absolute Gasteiger partial charge is 0.495 e. The maximum Gasteiger partial charge on any atom is 0.244 e. The van der Waals surface area contributed by atoms with E-state index in [0.29, 0.717) is 27.9 Å². The SMILES string of the molecule is COc1cc(OC)c(NC(=O)CN2C(=O)[C@@H]3CCCC3=Nc3cc(C)c(C)cc32)cc1Cl. The third-order valence-corrected chi connectivity index (χ3v) is 6.38. The third-order valence-electron chi connectivity index (χ3n) is 6.09. The highest BCUT2D eigenvalue weighted by atomic mass is 35.5. The summed E-state index contributed by atoms with van der Waals surface area (Å²) in [5.74, 6) is 0.132. The summed E-state index contributed by atoms with van der Waals surface area (Å²) in [6.07, 6.45) is 2.49. The van der Waals surface area contributed by atoms with E-state index in [1.165, 1.54) is 14.2 Å². The Morgan fingerprint density at radius 1 is 1.16 bits per heavy atom. The number of amides is 2. The van der Waals surface area contributed by atoms with Gasteiger partial charge in [0, 0.05) is 11.8 Å². The molecule has 2 aliphatic rings. The molecule has 0 bridgehead atoms. The molecule has 0 saturated heterocycles. The summed E-state index contributed by atoms with van der Waals surface area (Å²) >= 11 is 6.23. The molecule has 7 nitrogen and oxygen atoms in total. The minimum atomic E-state index is -0.358. The molecule has 2 aromatic carbocycles. The van der Waals surface area contributed by atoms with Crippen LogP contribution in [-0.2, 0) is 9.59 Å². The van der Waals surface area contributed by atoms with Crippen LogP contribution in [0.3, 0.4) is 0 Å². The molecule has 8 heteroatoms. The van der Waals surface area contributed by atoms with E-state index in [0.717, 1.165) is 41.8 Å². The van der Waals surface area contributed by atoms with Gasteiger partial charge in [-0.25, -0.2) is 0 Å². The van der Waals surface area contributed by atoms with Gasteiger partial charge < -0.3 is 19.7 Å². The number of fused-ring (bicyclic) bond motifs is 2. The van der Waals surface area contributed by atoms with Gasteiger partial charge in [-0.1, -0.05) is 11.6 Å². The lowest BCUT2D eigenvalue weighted by molar-refractivity contribution is -0.123. The van der Waals surface area contributed by atoms with E-state index < -0.39 is 0 Å². The topological polar surface area (TPSA) is 80.2 Å². The van der Waals surface area contributed by atoms with Gasteiger partial charge in [-0.2, -0.15) is 0 Å². The summed E-state index contributed by atoms with van der Waals surface area (Å²) < 4.78 is 10.6. The van der Waals surface area contributed by atoms with Crippen LogP contribution >= 0.6 is 11.6 Å². The quantitative estimate of drug-likeness (QED) is 0.700. The van der Waals surface area contributed by atoms with E-state index in [1.54, 1.807) is 17.0 Å². The van der Waals surface area contributed by atoms with Crippen LogP contribution in [0.25, 0.3) is 0 Å². The number of anilines is 2. The summed E-state index contributed by atoms with van der Waals surface area (Å²) in [4.78, 5) is 32.9. The molecular weight excluding hydrogens is 430 g/mol. The number of carbonyl (C=O) groups is 2. The standard InChI is InChI=1S/C24H26ClN3O4/c1-13-8-18-20(9-14(13)2)28(24(30)15-6-5-7-17(15)26-18)12-23(29)27-19-10-16(25)21(31-3)11-22(19)32-4/h8-11,15H,5-7,12H2,1-4H3,(H,27,29)/t15-/m1/s1. The van der Waals surface area contributed by atoms with Crippen molar-refractivity contribution in [1.82, 2.24) is 0 Å². The van der Waals surface area contributed by atoms with Crippen LogP contribution in [0, 0.1) is 19.8 Å². The lowest BCUT2D eigenvalue weighted by atomic mass is 10.0. The average molecular weight is 456 g/mol. The van der Waals surface area contributed by atoms with Crippen molar-refractivity contribution in [2.24, 2.45) is 10.9 Å². The molecule has 2 aromatic rings. The monoisotopic (exact) mass is 455 g/mol. The molecule has 0 radical (unpaired) electrons. The van der Waals surface area contributed by atoms with Gasteiger partial charge in [-0.3, -0.25) is 14.6 Å². The number of aliphatic imine (C=N–C) groups is 1. The molecule has 1 heterocycles. The maximum atomic E-state index is 13.4. The van der Waals surface area contributed by atoms with Crippen molar-refractivity contribution in [2.75, 3.05) is 31.0 Å². The molecule has 0 unspecified atom stereocenters. The zero-order chi connectivity index (χ0) is 23.0. The molecule has 1 aliphatic carbocycles. The average Bonchev–Trinajstić information content (AvgIpc) is 3.19. The zero-order valence-electron chi connectivity index (χ0n) is 18.6. The smallest absolute Gasteiger partial charge is 0.244 e. The molecule has 1 fully saturated rings. The molecule has 2 amide bonds. The number of nitrogens with zero attached hydrogens (tertiary/aromatic N) is 2. The van der Waals surface area contributed by atoms with Gasteiger partial charge in [0.2, 0.25) is 11.8 Å². The Balaban J connectivity index is 1.65. The first-order valence-electron chi connectivity index (χ1n) is 10.5. The van der Waals surface area contributed by atoms with Crippen LogP contribution in [0.15, 0.2) is 29.3 Å². The van der Waals surface area contributed by atoms with Crippen molar-refractivity contribution in [3.05, 3.63) is 40.4 Å². The Morgan fingerprint density at radius 3 is 2.59 bits per heavy atom. The summed E-state index contributed by atoms with van der Waals surface area (Å²) in [6.45, 7) is 3.87. The molecule has 168 valence electrons. The maximum absolute atomic E-state index is 13.4. The van der Waals surface area contributed by atoms with Gasteiger partial charge in [0.05, 0.1) is 42.2 Å². The van der Waals surface area contributed by atoms with E-state index in [9.17, 15) is 9.59 Å². The van der Waals surface area contributed by atoms with Crippen LogP contribution < -0.4 is 19.7 Å². The fraction of sp³-hybridized carbons (Fsp3) is 0.375. The summed E-state index contributed by atoms with van der Waals surface area (Å²) in [5.41, 5.74) is 4.85. The number of hydrogen-bond donors (Lipinski definition) is 1. The molecule has 4 rings (SSSR count). The van der Waals surface area contributed by atoms with Gasteiger partial charge in [0.1, 0.15) is 18.0 Å². The first-order chi connectivity index (χ1) is 15.3. The van der Waals surface area contributed by atoms with Crippen molar-refractivity contribution in [2.45, 2.75) is 33.1 Å². The Hall–Kier alpha value is -3.06. The predicted octanol–water partition coefficient (Wildman–Crippen LogP) is 4.83. The van der Waals surface area contributed by atoms with E-state index >= 15 is 0 Å². The second kappa shape index (κ2) is 8.82. The van der Waals surface area contributed by atoms with E-state index in [1.807, 2.05) is 26.0 Å². The molecule has 0 spiro atoms. The van der Waals surface area contributed by atoms with Gasteiger partial charge in [0.15, 0.2) is 0 Å². The second-order valence-electron chi connectivity index (χ2n) is 8.13. The molecular formula is C24H26ClN3O4. The lowest BCUT2D eigenvalue weighted by Gasteiger charge is -2.25. The Morgan fingerprint density at radius 2 is 1.88 bits per heavy atom. The number of methoxy groups -OCH3 is 2. The molecule has 1 saturated carbocycles. The Kier molecular flexibility index (Phi) is 6.11. The van der Waals surface area contributed by atoms with Gasteiger partial charge in [-0.15, -0.1) is 0 Å². The summed E-state index contributed by atoms with van der Waals surface area (Å²) in [6, 6.07) is 7.10. The number of carbonyl (C=O) groups excluding carboxylic acids is 2. The van der Waals surface area contributed by atoms with E-state index in [4.69, 9.17) is 26.1 Å². The van der Waals surface area contributed by atoms with E-state index in [-0.39, 0.29) is 24.3 Å². The van der Waals surface area contributed by atoms with Crippen LogP contribution in [0.4, 0.5) is 17.1 Å². The van der Waals surface area contributed by atoms with Crippen molar-refractivity contribution in [3.63, 3.8) is 0 Å². The minimum absolute atomic E-state index is 0.0851. The van der Waals surface area contributed by atoms with Crippen LogP contribution in [0.2, 0.25) is 5.02 Å². The molecule has 1 atom stereocenters. The molecule has 32 heavy (non-hydrogen) atoms. The zero-order valence-corrected chi connectivity index (χ0v) is 19.4.